The number of hydrogen-bond acceptors (Lipinski definition) is 4. The minimum atomic E-state index is -0.383. The van der Waals surface area contributed by atoms with Crippen molar-refractivity contribution >= 4 is 5.69 Å². The number of nitrogens with two attached hydrogens (primary N) is 1. The van der Waals surface area contributed by atoms with E-state index in [1.807, 2.05) is 0 Å². The van der Waals surface area contributed by atoms with Crippen molar-refractivity contribution in [3.05, 3.63) is 33.9 Å². The topological polar surface area (TPSA) is 78.4 Å². The van der Waals surface area contributed by atoms with Gasteiger partial charge in [0, 0.05) is 11.6 Å². The summed E-state index contributed by atoms with van der Waals surface area (Å²) in [5.74, 6) is 0.692. The zero-order valence-electron chi connectivity index (χ0n) is 10.7. The van der Waals surface area contributed by atoms with E-state index in [4.69, 9.17) is 10.5 Å². The van der Waals surface area contributed by atoms with Gasteiger partial charge in [0.2, 0.25) is 0 Å². The van der Waals surface area contributed by atoms with Crippen molar-refractivity contribution in [1.82, 2.24) is 0 Å². The average Bonchev–Trinajstić information content (AvgIpc) is 2.33. The fourth-order valence-corrected chi connectivity index (χ4v) is 1.71. The molecule has 0 spiro atoms. The van der Waals surface area contributed by atoms with Crippen LogP contribution in [-0.4, -0.2) is 18.1 Å². The molecule has 1 aromatic carbocycles. The third-order valence-corrected chi connectivity index (χ3v) is 2.73. The number of benzene rings is 1. The van der Waals surface area contributed by atoms with Crippen molar-refractivity contribution < 1.29 is 9.66 Å². The Morgan fingerprint density at radius 3 is 2.61 bits per heavy atom. The maximum absolute atomic E-state index is 10.6. The highest BCUT2D eigenvalue weighted by molar-refractivity contribution is 5.44. The number of ether oxygens (including phenoxy) is 1. The molecule has 0 heterocycles. The standard InChI is InChI=1S/C13H20N2O3/c1-11-10-12(6-7-13(11)15(16)17)18-9-5-3-2-4-8-14/h6-7,10H,2-5,8-9,14H2,1H3. The summed E-state index contributed by atoms with van der Waals surface area (Å²) in [5.41, 5.74) is 6.16. The predicted octanol–water partition coefficient (Wildman–Crippen LogP) is 2.80. The highest BCUT2D eigenvalue weighted by Crippen LogP contribution is 2.23. The maximum atomic E-state index is 10.6. The fourth-order valence-electron chi connectivity index (χ4n) is 1.71. The van der Waals surface area contributed by atoms with Crippen LogP contribution in [0, 0.1) is 17.0 Å². The van der Waals surface area contributed by atoms with Gasteiger partial charge in [-0.15, -0.1) is 0 Å². The Labute approximate surface area is 107 Å². The van der Waals surface area contributed by atoms with Gasteiger partial charge in [-0.2, -0.15) is 0 Å². The lowest BCUT2D eigenvalue weighted by Gasteiger charge is -2.07. The molecule has 0 bridgehead atoms. The molecule has 5 nitrogen and oxygen atoms in total. The minimum absolute atomic E-state index is 0.130. The van der Waals surface area contributed by atoms with E-state index in [0.717, 1.165) is 32.2 Å². The summed E-state index contributed by atoms with van der Waals surface area (Å²) in [6.45, 7) is 3.09. The van der Waals surface area contributed by atoms with E-state index in [-0.39, 0.29) is 10.6 Å². The van der Waals surface area contributed by atoms with Crippen molar-refractivity contribution in [3.8, 4) is 5.75 Å². The van der Waals surface area contributed by atoms with Crippen LogP contribution in [0.4, 0.5) is 5.69 Å². The van der Waals surface area contributed by atoms with E-state index >= 15 is 0 Å². The Hall–Kier alpha value is -1.62. The summed E-state index contributed by atoms with van der Waals surface area (Å²) in [5, 5.41) is 10.6. The second-order valence-electron chi connectivity index (χ2n) is 4.26. The molecule has 18 heavy (non-hydrogen) atoms. The molecule has 1 aromatic rings. The summed E-state index contributed by atoms with van der Waals surface area (Å²) in [7, 11) is 0. The molecule has 2 N–H and O–H groups in total. The average molecular weight is 252 g/mol. The van der Waals surface area contributed by atoms with Crippen LogP contribution in [0.2, 0.25) is 0 Å². The first kappa shape index (κ1) is 14.4. The molecule has 0 amide bonds. The van der Waals surface area contributed by atoms with Crippen LogP contribution in [0.5, 0.6) is 5.75 Å². The first-order valence-corrected chi connectivity index (χ1v) is 6.23. The molecule has 0 aliphatic rings. The Balaban J connectivity index is 2.35. The Morgan fingerprint density at radius 1 is 1.28 bits per heavy atom. The molecule has 0 aromatic heterocycles. The van der Waals surface area contributed by atoms with Crippen LogP contribution in [-0.2, 0) is 0 Å². The summed E-state index contributed by atoms with van der Waals surface area (Å²) < 4.78 is 5.55. The van der Waals surface area contributed by atoms with Gasteiger partial charge >= 0.3 is 0 Å². The van der Waals surface area contributed by atoms with Crippen LogP contribution in [0.3, 0.4) is 0 Å². The van der Waals surface area contributed by atoms with Gasteiger partial charge in [0.25, 0.3) is 5.69 Å². The van der Waals surface area contributed by atoms with Crippen LogP contribution >= 0.6 is 0 Å². The molecule has 5 heteroatoms. The Bertz CT molecular complexity index is 394. The summed E-state index contributed by atoms with van der Waals surface area (Å²) >= 11 is 0. The molecule has 0 unspecified atom stereocenters. The van der Waals surface area contributed by atoms with E-state index in [9.17, 15) is 10.1 Å². The van der Waals surface area contributed by atoms with Crippen LogP contribution in [0.1, 0.15) is 31.2 Å². The predicted molar refractivity (Wildman–Crippen MR) is 70.9 cm³/mol. The number of nitro benzene ring substituents is 1. The van der Waals surface area contributed by atoms with Gasteiger partial charge in [-0.1, -0.05) is 12.8 Å². The normalized spacial score (nSPS) is 10.3. The molecule has 0 aliphatic heterocycles. The van der Waals surface area contributed by atoms with Crippen molar-refractivity contribution in [1.29, 1.82) is 0 Å². The van der Waals surface area contributed by atoms with Crippen molar-refractivity contribution in [3.63, 3.8) is 0 Å². The lowest BCUT2D eigenvalue weighted by Crippen LogP contribution is -2.01. The van der Waals surface area contributed by atoms with Crippen molar-refractivity contribution in [2.75, 3.05) is 13.2 Å². The highest BCUT2D eigenvalue weighted by atomic mass is 16.6. The van der Waals surface area contributed by atoms with Gasteiger partial charge in [0.05, 0.1) is 11.5 Å². The van der Waals surface area contributed by atoms with Crippen LogP contribution in [0.25, 0.3) is 0 Å². The van der Waals surface area contributed by atoms with E-state index in [0.29, 0.717) is 17.9 Å². The molecule has 0 saturated carbocycles. The molecular weight excluding hydrogens is 232 g/mol. The highest BCUT2D eigenvalue weighted by Gasteiger charge is 2.10. The SMILES string of the molecule is Cc1cc(OCCCCCCN)ccc1[N+](=O)[O-]. The third kappa shape index (κ3) is 4.71. The van der Waals surface area contributed by atoms with Crippen molar-refractivity contribution in [2.24, 2.45) is 5.73 Å². The van der Waals surface area contributed by atoms with Gasteiger partial charge in [0.15, 0.2) is 0 Å². The third-order valence-electron chi connectivity index (χ3n) is 2.73. The molecule has 0 radical (unpaired) electrons. The Morgan fingerprint density at radius 2 is 2.00 bits per heavy atom. The second kappa shape index (κ2) is 7.66. The second-order valence-corrected chi connectivity index (χ2v) is 4.26. The Kier molecular flexibility index (Phi) is 6.14. The molecule has 0 atom stereocenters. The quantitative estimate of drug-likeness (QED) is 0.438. The smallest absolute Gasteiger partial charge is 0.272 e. The minimum Gasteiger partial charge on any atom is -0.494 e. The van der Waals surface area contributed by atoms with Gasteiger partial charge in [-0.3, -0.25) is 10.1 Å². The van der Waals surface area contributed by atoms with Crippen LogP contribution in [0.15, 0.2) is 18.2 Å². The van der Waals surface area contributed by atoms with E-state index < -0.39 is 0 Å². The van der Waals surface area contributed by atoms with Gasteiger partial charge in [-0.25, -0.2) is 0 Å². The first-order valence-electron chi connectivity index (χ1n) is 6.23. The molecular formula is C13H20N2O3. The van der Waals surface area contributed by atoms with Crippen LogP contribution < -0.4 is 10.5 Å². The summed E-state index contributed by atoms with van der Waals surface area (Å²) in [6, 6.07) is 4.84. The van der Waals surface area contributed by atoms with Gasteiger partial charge in [-0.05, 0) is 38.4 Å². The summed E-state index contributed by atoms with van der Waals surface area (Å²) in [4.78, 5) is 10.3. The monoisotopic (exact) mass is 252 g/mol. The van der Waals surface area contributed by atoms with Gasteiger partial charge in [0.1, 0.15) is 5.75 Å². The molecule has 100 valence electrons. The fraction of sp³-hybridized carbons (Fsp3) is 0.538. The molecule has 0 saturated heterocycles. The number of aryl methyl sites for hydroxylation is 1. The zero-order valence-corrected chi connectivity index (χ0v) is 10.7. The zero-order chi connectivity index (χ0) is 13.4. The number of nitro groups is 1. The lowest BCUT2D eigenvalue weighted by atomic mass is 10.2. The van der Waals surface area contributed by atoms with Gasteiger partial charge < -0.3 is 10.5 Å². The van der Waals surface area contributed by atoms with E-state index in [1.54, 1.807) is 19.1 Å². The molecule has 0 aliphatic carbocycles. The molecule has 0 fully saturated rings. The van der Waals surface area contributed by atoms with Crippen molar-refractivity contribution in [2.45, 2.75) is 32.6 Å². The maximum Gasteiger partial charge on any atom is 0.272 e. The largest absolute Gasteiger partial charge is 0.494 e. The molecule has 1 rings (SSSR count). The van der Waals surface area contributed by atoms with E-state index in [2.05, 4.69) is 0 Å². The number of rotatable bonds is 8. The summed E-state index contributed by atoms with van der Waals surface area (Å²) in [6.07, 6.45) is 4.26. The van der Waals surface area contributed by atoms with E-state index in [1.165, 1.54) is 6.07 Å². The number of unbranched alkanes of at least 4 members (excludes halogenated alkanes) is 3. The number of nitrogens with zero attached hydrogens (tertiary/aromatic N) is 1. The first-order chi connectivity index (χ1) is 8.65. The number of hydrogen-bond donors (Lipinski definition) is 1. The lowest BCUT2D eigenvalue weighted by molar-refractivity contribution is -0.385.